The van der Waals surface area contributed by atoms with Crippen molar-refractivity contribution in [3.8, 4) is 0 Å². The van der Waals surface area contributed by atoms with E-state index in [2.05, 4.69) is 0 Å². The van der Waals surface area contributed by atoms with Crippen LogP contribution in [0, 0.1) is 0 Å². The molecule has 2 amide bonds. The van der Waals surface area contributed by atoms with Crippen LogP contribution >= 0.6 is 7.82 Å². The summed E-state index contributed by atoms with van der Waals surface area (Å²) < 4.78 is 36.0. The third-order valence-corrected chi connectivity index (χ3v) is 7.39. The molecule has 3 aromatic carbocycles. The zero-order valence-electron chi connectivity index (χ0n) is 19.6. The van der Waals surface area contributed by atoms with Crippen LogP contribution in [0.4, 0.5) is 4.79 Å². The number of hydrogen-bond acceptors (Lipinski definition) is 7. The molecule has 0 N–H and O–H groups in total. The number of esters is 1. The monoisotopic (exact) mass is 508 g/mol. The van der Waals surface area contributed by atoms with E-state index in [4.69, 9.17) is 18.4 Å². The molecule has 10 heteroatoms. The molecule has 2 atom stereocenters. The molecule has 0 radical (unpaired) electrons. The van der Waals surface area contributed by atoms with E-state index in [1.165, 1.54) is 12.0 Å². The van der Waals surface area contributed by atoms with Gasteiger partial charge in [-0.25, -0.2) is 14.2 Å². The molecule has 186 valence electrons. The maximum absolute atomic E-state index is 13.9. The molecular weight excluding hydrogens is 483 g/mol. The van der Waals surface area contributed by atoms with Crippen LogP contribution in [0.5, 0.6) is 0 Å². The number of nitrogens with zero attached hydrogens (tertiary/aromatic N) is 2. The first-order valence-electron chi connectivity index (χ1n) is 11.4. The molecule has 0 aliphatic carbocycles. The van der Waals surface area contributed by atoms with Crippen LogP contribution in [0.25, 0.3) is 0 Å². The van der Waals surface area contributed by atoms with Gasteiger partial charge in [0.05, 0.1) is 26.9 Å². The lowest BCUT2D eigenvalue weighted by Gasteiger charge is -2.31. The molecule has 9 nitrogen and oxygen atoms in total. The summed E-state index contributed by atoms with van der Waals surface area (Å²) in [4.78, 5) is 27.3. The minimum absolute atomic E-state index is 0.0509. The molecule has 36 heavy (non-hydrogen) atoms. The number of carbonyl (C=O) groups is 2. The van der Waals surface area contributed by atoms with E-state index in [9.17, 15) is 14.2 Å². The quantitative estimate of drug-likeness (QED) is 0.291. The van der Waals surface area contributed by atoms with Crippen molar-refractivity contribution in [2.24, 2.45) is 0 Å². The maximum Gasteiger partial charge on any atom is 0.497 e. The topological polar surface area (TPSA) is 94.6 Å². The second-order valence-electron chi connectivity index (χ2n) is 8.38. The summed E-state index contributed by atoms with van der Waals surface area (Å²) in [6.45, 7) is 0.0579. The molecule has 1 saturated heterocycles. The number of carbonyl (C=O) groups excluding carboxylic acids is 2. The first-order chi connectivity index (χ1) is 17.5. The fraction of sp³-hybridized carbons (Fsp3) is 0.231. The van der Waals surface area contributed by atoms with Crippen molar-refractivity contribution in [2.75, 3.05) is 13.7 Å². The van der Waals surface area contributed by atoms with Gasteiger partial charge in [0.15, 0.2) is 6.04 Å². The zero-order valence-corrected chi connectivity index (χ0v) is 20.5. The molecule has 0 saturated carbocycles. The van der Waals surface area contributed by atoms with Crippen molar-refractivity contribution < 1.29 is 32.6 Å². The Bertz CT molecular complexity index is 1240. The molecule has 5 rings (SSSR count). The van der Waals surface area contributed by atoms with Crippen molar-refractivity contribution in [3.05, 3.63) is 107 Å². The lowest BCUT2D eigenvalue weighted by atomic mass is 9.91. The van der Waals surface area contributed by atoms with Crippen molar-refractivity contribution in [2.45, 2.75) is 25.3 Å². The summed E-state index contributed by atoms with van der Waals surface area (Å²) in [6, 6.07) is 23.3. The number of urea groups is 1. The second-order valence-corrected chi connectivity index (χ2v) is 9.95. The van der Waals surface area contributed by atoms with E-state index in [-0.39, 0.29) is 19.8 Å². The fourth-order valence-corrected chi connectivity index (χ4v) is 5.56. The van der Waals surface area contributed by atoms with Gasteiger partial charge in [-0.05, 0) is 22.3 Å². The predicted molar refractivity (Wildman–Crippen MR) is 129 cm³/mol. The van der Waals surface area contributed by atoms with Gasteiger partial charge in [0.2, 0.25) is 0 Å². The summed E-state index contributed by atoms with van der Waals surface area (Å²) in [5.41, 5.74) is 2.85. The summed E-state index contributed by atoms with van der Waals surface area (Å²) >= 11 is 0. The van der Waals surface area contributed by atoms with E-state index in [0.717, 1.165) is 16.2 Å². The third-order valence-electron chi connectivity index (χ3n) is 6.12. The molecular formula is C26H25N2O7P. The first kappa shape index (κ1) is 24.2. The largest absolute Gasteiger partial charge is 0.497 e. The second kappa shape index (κ2) is 10.2. The summed E-state index contributed by atoms with van der Waals surface area (Å²) in [5.74, 6) is -0.570. The van der Waals surface area contributed by atoms with Crippen LogP contribution in [-0.4, -0.2) is 35.6 Å². The number of phosphoric ester groups is 1. The van der Waals surface area contributed by atoms with Gasteiger partial charge < -0.3 is 9.64 Å². The van der Waals surface area contributed by atoms with Gasteiger partial charge in [-0.3, -0.25) is 9.05 Å². The van der Waals surface area contributed by atoms with E-state index in [0.29, 0.717) is 11.1 Å². The minimum Gasteiger partial charge on any atom is -0.467 e. The number of rotatable bonds is 9. The Morgan fingerprint density at radius 1 is 0.861 bits per heavy atom. The van der Waals surface area contributed by atoms with Crippen LogP contribution < -0.4 is 0 Å². The number of ether oxygens (including phenoxy) is 1. The Morgan fingerprint density at radius 2 is 1.39 bits per heavy atom. The summed E-state index contributed by atoms with van der Waals surface area (Å²) in [7, 11) is -3.01. The number of hydroxylamine groups is 2. The van der Waals surface area contributed by atoms with Crippen LogP contribution in [0.15, 0.2) is 84.9 Å². The number of benzene rings is 3. The van der Waals surface area contributed by atoms with E-state index in [1.54, 1.807) is 18.2 Å². The molecule has 2 bridgehead atoms. The summed E-state index contributed by atoms with van der Waals surface area (Å²) in [6.07, 6.45) is 0. The van der Waals surface area contributed by atoms with Gasteiger partial charge in [0.25, 0.3) is 0 Å². The van der Waals surface area contributed by atoms with Gasteiger partial charge in [-0.2, -0.15) is 9.69 Å². The smallest absolute Gasteiger partial charge is 0.467 e. The Labute approximate surface area is 208 Å². The number of methoxy groups -OCH3 is 1. The van der Waals surface area contributed by atoms with Crippen molar-refractivity contribution in [3.63, 3.8) is 0 Å². The number of hydrogen-bond donors (Lipinski definition) is 0. The van der Waals surface area contributed by atoms with Gasteiger partial charge in [-0.1, -0.05) is 84.9 Å². The molecule has 0 aromatic heterocycles. The molecule has 2 aliphatic heterocycles. The van der Waals surface area contributed by atoms with Gasteiger partial charge in [-0.15, -0.1) is 0 Å². The number of amides is 2. The zero-order chi connectivity index (χ0) is 25.1. The van der Waals surface area contributed by atoms with Crippen LogP contribution in [0.2, 0.25) is 0 Å². The average molecular weight is 508 g/mol. The van der Waals surface area contributed by atoms with Crippen molar-refractivity contribution in [1.29, 1.82) is 0 Å². The Balaban J connectivity index is 1.43. The normalized spacial score (nSPS) is 18.8. The highest BCUT2D eigenvalue weighted by Crippen LogP contribution is 2.55. The van der Waals surface area contributed by atoms with Crippen LogP contribution in [0.1, 0.15) is 34.3 Å². The van der Waals surface area contributed by atoms with E-state index in [1.807, 2.05) is 66.7 Å². The highest BCUT2D eigenvalue weighted by molar-refractivity contribution is 7.48. The van der Waals surface area contributed by atoms with E-state index < -0.39 is 31.9 Å². The van der Waals surface area contributed by atoms with Gasteiger partial charge in [0, 0.05) is 0 Å². The minimum atomic E-state index is -4.29. The highest BCUT2D eigenvalue weighted by Gasteiger charge is 2.53. The molecule has 3 aromatic rings. The Hall–Kier alpha value is -3.49. The third kappa shape index (κ3) is 4.79. The SMILES string of the molecule is COC(=O)C1c2ccccc2[C@@H]2CN1C(=O)N2OP(=O)(OCc1ccccc1)OCc1ccccc1. The van der Waals surface area contributed by atoms with Crippen LogP contribution in [-0.2, 0) is 41.0 Å². The standard InChI is InChI=1S/C26H25N2O7P/c1-32-25(29)24-22-15-9-8-14-21(22)23-16-27(24)26(30)28(23)35-36(31,33-17-19-10-4-2-5-11-19)34-18-20-12-6-3-7-13-20/h2-15,23-24H,16-18H2,1H3/t23-,24?/m0/s1. The van der Waals surface area contributed by atoms with Gasteiger partial charge in [0.1, 0.15) is 6.04 Å². The van der Waals surface area contributed by atoms with Crippen molar-refractivity contribution in [1.82, 2.24) is 9.96 Å². The van der Waals surface area contributed by atoms with Crippen molar-refractivity contribution >= 4 is 19.8 Å². The molecule has 1 fully saturated rings. The lowest BCUT2D eigenvalue weighted by Crippen LogP contribution is -2.39. The molecule has 2 aliphatic rings. The lowest BCUT2D eigenvalue weighted by molar-refractivity contribution is -0.146. The summed E-state index contributed by atoms with van der Waals surface area (Å²) in [5, 5.41) is 0.999. The van der Waals surface area contributed by atoms with Crippen LogP contribution in [0.3, 0.4) is 0 Å². The number of fused-ring (bicyclic) bond motifs is 4. The first-order valence-corrected chi connectivity index (χ1v) is 12.9. The molecule has 1 unspecified atom stereocenters. The number of phosphoric acid groups is 1. The molecule has 2 heterocycles. The molecule has 0 spiro atoms. The fourth-order valence-electron chi connectivity index (χ4n) is 4.38. The Kier molecular flexibility index (Phi) is 6.89. The van der Waals surface area contributed by atoms with Gasteiger partial charge >= 0.3 is 19.8 Å². The average Bonchev–Trinajstić information content (AvgIpc) is 3.19. The Morgan fingerprint density at radius 3 is 1.94 bits per heavy atom. The highest BCUT2D eigenvalue weighted by atomic mass is 31.2. The predicted octanol–water partition coefficient (Wildman–Crippen LogP) is 5.17. The van der Waals surface area contributed by atoms with E-state index >= 15 is 0 Å². The maximum atomic E-state index is 13.9.